The topological polar surface area (TPSA) is 122 Å². The minimum atomic E-state index is -0.650. The number of methoxy groups -OCH3 is 1. The molecule has 0 aliphatic carbocycles. The lowest BCUT2D eigenvalue weighted by Crippen LogP contribution is -2.28. The monoisotopic (exact) mass is 438 g/mol. The molecule has 1 atom stereocenters. The fourth-order valence-electron chi connectivity index (χ4n) is 3.30. The molecule has 9 nitrogen and oxygen atoms in total. The average Bonchev–Trinajstić information content (AvgIpc) is 2.79. The number of anilines is 1. The molecule has 2 aromatic heterocycles. The van der Waals surface area contributed by atoms with Crippen LogP contribution in [-0.4, -0.2) is 42.2 Å². The van der Waals surface area contributed by atoms with E-state index >= 15 is 0 Å². The van der Waals surface area contributed by atoms with Crippen molar-refractivity contribution in [2.45, 2.75) is 26.4 Å². The molecule has 9 heteroatoms. The number of fused-ring (bicyclic) bond motifs is 1. The van der Waals surface area contributed by atoms with Gasteiger partial charge in [0.1, 0.15) is 11.4 Å². The normalized spacial score (nSPS) is 11.7. The quantitative estimate of drug-likeness (QED) is 0.464. The number of nitrogens with zero attached hydrogens (tertiary/aromatic N) is 1. The first-order chi connectivity index (χ1) is 15.5. The highest BCUT2D eigenvalue weighted by molar-refractivity contribution is 5.93. The van der Waals surface area contributed by atoms with Gasteiger partial charge >= 0.3 is 12.0 Å². The van der Waals surface area contributed by atoms with Crippen LogP contribution in [0.4, 0.5) is 10.6 Å². The van der Waals surface area contributed by atoms with Crippen LogP contribution in [0.15, 0.2) is 47.5 Å². The summed E-state index contributed by atoms with van der Waals surface area (Å²) >= 11 is 0. The molecule has 168 valence electrons. The van der Waals surface area contributed by atoms with Gasteiger partial charge in [0.15, 0.2) is 0 Å². The average molecular weight is 438 g/mol. The van der Waals surface area contributed by atoms with Crippen LogP contribution in [0, 0.1) is 0 Å². The van der Waals surface area contributed by atoms with Gasteiger partial charge in [-0.25, -0.2) is 14.6 Å². The summed E-state index contributed by atoms with van der Waals surface area (Å²) in [6.07, 6.45) is 3.19. The zero-order chi connectivity index (χ0) is 23.1. The van der Waals surface area contributed by atoms with E-state index in [4.69, 9.17) is 9.47 Å². The van der Waals surface area contributed by atoms with Crippen molar-refractivity contribution < 1.29 is 19.1 Å². The van der Waals surface area contributed by atoms with Crippen LogP contribution >= 0.6 is 0 Å². The molecule has 0 saturated heterocycles. The molecule has 0 spiro atoms. The predicted octanol–water partition coefficient (Wildman–Crippen LogP) is 3.17. The van der Waals surface area contributed by atoms with Crippen molar-refractivity contribution >= 4 is 28.7 Å². The number of benzene rings is 1. The molecule has 1 unspecified atom stereocenters. The lowest BCUT2D eigenvalue weighted by atomic mass is 10.0. The number of carbonyl (C=O) groups excluding carboxylic acids is 2. The fraction of sp³-hybridized carbons (Fsp3) is 0.304. The van der Waals surface area contributed by atoms with Gasteiger partial charge in [0.05, 0.1) is 12.7 Å². The lowest BCUT2D eigenvalue weighted by Gasteiger charge is -2.16. The molecule has 0 saturated carbocycles. The third-order valence-corrected chi connectivity index (χ3v) is 4.88. The van der Waals surface area contributed by atoms with Crippen molar-refractivity contribution in [3.8, 4) is 0 Å². The van der Waals surface area contributed by atoms with E-state index < -0.39 is 5.97 Å². The molecule has 32 heavy (non-hydrogen) atoms. The molecular weight excluding hydrogens is 412 g/mol. The fourth-order valence-corrected chi connectivity index (χ4v) is 3.30. The number of carbonyl (C=O) groups is 2. The van der Waals surface area contributed by atoms with Crippen molar-refractivity contribution in [3.05, 3.63) is 69.6 Å². The Balaban J connectivity index is 1.82. The number of nitrogens with one attached hydrogen (secondary N) is 3. The molecule has 2 amide bonds. The van der Waals surface area contributed by atoms with E-state index in [0.29, 0.717) is 29.7 Å². The summed E-state index contributed by atoms with van der Waals surface area (Å²) in [7, 11) is 1.60. The standard InChI is InChI=1S/C23H26N4O5/c1-4-24-23(30)27-20-9-7-15(12-26-20)19(31-3)11-14-6-8-18-16(10-14)21(28)17(13-25-18)22(29)32-5-2/h6-10,12-13,19H,4-5,11H2,1-3H3,(H,25,28)(H2,24,26,27,30). The lowest BCUT2D eigenvalue weighted by molar-refractivity contribution is 0.0524. The van der Waals surface area contributed by atoms with Crippen LogP contribution in [-0.2, 0) is 15.9 Å². The second-order valence-electron chi connectivity index (χ2n) is 7.02. The number of amides is 2. The zero-order valence-electron chi connectivity index (χ0n) is 18.2. The number of ether oxygens (including phenoxy) is 2. The second-order valence-corrected chi connectivity index (χ2v) is 7.02. The molecule has 2 heterocycles. The zero-order valence-corrected chi connectivity index (χ0v) is 18.2. The Morgan fingerprint density at radius 3 is 2.66 bits per heavy atom. The van der Waals surface area contributed by atoms with E-state index in [9.17, 15) is 14.4 Å². The summed E-state index contributed by atoms with van der Waals surface area (Å²) in [5.74, 6) is -0.221. The van der Waals surface area contributed by atoms with Crippen molar-refractivity contribution in [1.82, 2.24) is 15.3 Å². The number of H-pyrrole nitrogens is 1. The van der Waals surface area contributed by atoms with Gasteiger partial charge in [0, 0.05) is 43.4 Å². The molecular formula is C23H26N4O5. The second kappa shape index (κ2) is 10.5. The SMILES string of the molecule is CCNC(=O)Nc1ccc(C(Cc2ccc3[nH]cc(C(=O)OCC)c(=O)c3c2)OC)cn1. The molecule has 0 bridgehead atoms. The first kappa shape index (κ1) is 23.0. The first-order valence-electron chi connectivity index (χ1n) is 10.3. The Hall–Kier alpha value is -3.72. The van der Waals surface area contributed by atoms with Crippen LogP contribution in [0.25, 0.3) is 10.9 Å². The number of esters is 1. The number of urea groups is 1. The van der Waals surface area contributed by atoms with Gasteiger partial charge in [-0.2, -0.15) is 0 Å². The third-order valence-electron chi connectivity index (χ3n) is 4.88. The molecule has 0 fully saturated rings. The van der Waals surface area contributed by atoms with Gasteiger partial charge in [0.2, 0.25) is 5.43 Å². The summed E-state index contributed by atoms with van der Waals surface area (Å²) in [6.45, 7) is 4.23. The van der Waals surface area contributed by atoms with Gasteiger partial charge in [0.25, 0.3) is 0 Å². The maximum Gasteiger partial charge on any atom is 0.343 e. The molecule has 0 radical (unpaired) electrons. The van der Waals surface area contributed by atoms with Crippen LogP contribution in [0.3, 0.4) is 0 Å². The van der Waals surface area contributed by atoms with E-state index in [1.165, 1.54) is 6.20 Å². The van der Waals surface area contributed by atoms with Gasteiger partial charge < -0.3 is 19.8 Å². The van der Waals surface area contributed by atoms with E-state index in [2.05, 4.69) is 20.6 Å². The molecule has 3 rings (SSSR count). The summed E-state index contributed by atoms with van der Waals surface area (Å²) in [6, 6.07) is 8.65. The summed E-state index contributed by atoms with van der Waals surface area (Å²) in [5.41, 5.74) is 1.90. The summed E-state index contributed by atoms with van der Waals surface area (Å²) in [5, 5.41) is 5.69. The Morgan fingerprint density at radius 2 is 2.00 bits per heavy atom. The summed E-state index contributed by atoms with van der Waals surface area (Å²) in [4.78, 5) is 43.7. The first-order valence-corrected chi connectivity index (χ1v) is 10.3. The molecule has 0 aliphatic rings. The highest BCUT2D eigenvalue weighted by Crippen LogP contribution is 2.23. The smallest absolute Gasteiger partial charge is 0.343 e. The Bertz CT molecular complexity index is 1160. The van der Waals surface area contributed by atoms with Gasteiger partial charge in [-0.1, -0.05) is 12.1 Å². The minimum Gasteiger partial charge on any atom is -0.462 e. The van der Waals surface area contributed by atoms with E-state index in [0.717, 1.165) is 11.1 Å². The molecule has 1 aromatic carbocycles. The van der Waals surface area contributed by atoms with Gasteiger partial charge in [-0.3, -0.25) is 10.1 Å². The third kappa shape index (κ3) is 5.30. The number of hydrogen-bond acceptors (Lipinski definition) is 6. The maximum atomic E-state index is 12.8. The van der Waals surface area contributed by atoms with Crippen molar-refractivity contribution in [1.29, 1.82) is 0 Å². The molecule has 0 aliphatic heterocycles. The Kier molecular flexibility index (Phi) is 7.56. The number of pyridine rings is 2. The highest BCUT2D eigenvalue weighted by Gasteiger charge is 2.16. The van der Waals surface area contributed by atoms with Crippen LogP contribution in [0.5, 0.6) is 0 Å². The van der Waals surface area contributed by atoms with Gasteiger partial charge in [-0.05, 0) is 43.2 Å². The number of aromatic nitrogens is 2. The minimum absolute atomic E-state index is 0.0285. The number of hydrogen-bond donors (Lipinski definition) is 3. The van der Waals surface area contributed by atoms with E-state index in [-0.39, 0.29) is 29.7 Å². The van der Waals surface area contributed by atoms with Crippen LogP contribution in [0.2, 0.25) is 0 Å². The molecule has 3 aromatic rings. The number of rotatable bonds is 8. The van der Waals surface area contributed by atoms with E-state index in [1.54, 1.807) is 38.4 Å². The highest BCUT2D eigenvalue weighted by atomic mass is 16.5. The van der Waals surface area contributed by atoms with Crippen LogP contribution < -0.4 is 16.1 Å². The Labute approximate surface area is 185 Å². The maximum absolute atomic E-state index is 12.8. The largest absolute Gasteiger partial charge is 0.462 e. The van der Waals surface area contributed by atoms with Crippen molar-refractivity contribution in [2.75, 3.05) is 25.6 Å². The van der Waals surface area contributed by atoms with Crippen molar-refractivity contribution in [2.24, 2.45) is 0 Å². The predicted molar refractivity (Wildman–Crippen MR) is 121 cm³/mol. The van der Waals surface area contributed by atoms with Crippen LogP contribution in [0.1, 0.15) is 41.4 Å². The molecule has 3 N–H and O–H groups in total. The van der Waals surface area contributed by atoms with E-state index in [1.807, 2.05) is 19.1 Å². The number of aromatic amines is 1. The van der Waals surface area contributed by atoms with Crippen molar-refractivity contribution in [3.63, 3.8) is 0 Å². The van der Waals surface area contributed by atoms with Gasteiger partial charge in [-0.15, -0.1) is 0 Å². The summed E-state index contributed by atoms with van der Waals surface area (Å²) < 4.78 is 10.6. The Morgan fingerprint density at radius 1 is 1.19 bits per heavy atom.